The van der Waals surface area contributed by atoms with E-state index < -0.39 is 17.7 Å². The minimum absolute atomic E-state index is 0.153. The Hall–Kier alpha value is -2.83. The third kappa shape index (κ3) is 3.40. The van der Waals surface area contributed by atoms with E-state index in [0.29, 0.717) is 6.07 Å². The van der Waals surface area contributed by atoms with Crippen LogP contribution in [0.25, 0.3) is 11.1 Å². The summed E-state index contributed by atoms with van der Waals surface area (Å²) < 4.78 is 44.6. The SMILES string of the molecule is COC(=O)c1cc(-c2cccc(C(C)=O)c2)c(C(F)(F)F)cc1N. The highest BCUT2D eigenvalue weighted by molar-refractivity contribution is 5.98. The molecule has 0 amide bonds. The van der Waals surface area contributed by atoms with E-state index >= 15 is 0 Å². The number of nitrogens with two attached hydrogens (primary N) is 1. The smallest absolute Gasteiger partial charge is 0.417 e. The van der Waals surface area contributed by atoms with Gasteiger partial charge in [-0.2, -0.15) is 13.2 Å². The zero-order valence-electron chi connectivity index (χ0n) is 12.9. The molecule has 2 aromatic carbocycles. The van der Waals surface area contributed by atoms with Gasteiger partial charge in [0, 0.05) is 11.3 Å². The molecule has 0 saturated carbocycles. The highest BCUT2D eigenvalue weighted by atomic mass is 19.4. The Kier molecular flexibility index (Phi) is 4.64. The number of halogens is 3. The zero-order chi connectivity index (χ0) is 18.1. The number of anilines is 1. The highest BCUT2D eigenvalue weighted by Crippen LogP contribution is 2.39. The van der Waals surface area contributed by atoms with Crippen molar-refractivity contribution >= 4 is 17.4 Å². The van der Waals surface area contributed by atoms with Crippen LogP contribution in [0.5, 0.6) is 0 Å². The van der Waals surface area contributed by atoms with E-state index in [0.717, 1.165) is 13.2 Å². The lowest BCUT2D eigenvalue weighted by Crippen LogP contribution is -2.12. The fraction of sp³-hybridized carbons (Fsp3) is 0.176. The first kappa shape index (κ1) is 17.5. The maximum absolute atomic E-state index is 13.3. The van der Waals surface area contributed by atoms with Crippen LogP contribution >= 0.6 is 0 Å². The second-order valence-electron chi connectivity index (χ2n) is 5.11. The molecule has 0 aromatic heterocycles. The molecule has 2 N–H and O–H groups in total. The van der Waals surface area contributed by atoms with Gasteiger partial charge in [-0.3, -0.25) is 4.79 Å². The molecule has 126 valence electrons. The second kappa shape index (κ2) is 6.35. The van der Waals surface area contributed by atoms with Crippen LogP contribution in [-0.2, 0) is 10.9 Å². The van der Waals surface area contributed by atoms with Crippen LogP contribution in [0.4, 0.5) is 18.9 Å². The summed E-state index contributed by atoms with van der Waals surface area (Å²) in [5, 5.41) is 0. The van der Waals surface area contributed by atoms with Crippen molar-refractivity contribution in [1.82, 2.24) is 0 Å². The summed E-state index contributed by atoms with van der Waals surface area (Å²) in [6, 6.07) is 7.46. The third-order valence-corrected chi connectivity index (χ3v) is 3.48. The molecule has 0 aliphatic carbocycles. The molecule has 2 aromatic rings. The predicted molar refractivity (Wildman–Crippen MR) is 82.6 cm³/mol. The first-order valence-corrected chi connectivity index (χ1v) is 6.85. The van der Waals surface area contributed by atoms with Crippen molar-refractivity contribution in [2.75, 3.05) is 12.8 Å². The Morgan fingerprint density at radius 2 is 1.79 bits per heavy atom. The van der Waals surface area contributed by atoms with Crippen molar-refractivity contribution in [3.05, 3.63) is 53.1 Å². The number of hydrogen-bond acceptors (Lipinski definition) is 4. The van der Waals surface area contributed by atoms with Crippen molar-refractivity contribution in [2.45, 2.75) is 13.1 Å². The van der Waals surface area contributed by atoms with E-state index in [1.165, 1.54) is 31.2 Å². The molecular weight excluding hydrogens is 323 g/mol. The Morgan fingerprint density at radius 3 is 2.33 bits per heavy atom. The number of benzene rings is 2. The lowest BCUT2D eigenvalue weighted by molar-refractivity contribution is -0.137. The maximum Gasteiger partial charge on any atom is 0.417 e. The van der Waals surface area contributed by atoms with Crippen molar-refractivity contribution in [2.24, 2.45) is 0 Å². The van der Waals surface area contributed by atoms with Crippen LogP contribution < -0.4 is 5.73 Å². The summed E-state index contributed by atoms with van der Waals surface area (Å²) in [4.78, 5) is 23.2. The van der Waals surface area contributed by atoms with Gasteiger partial charge in [0.05, 0.1) is 18.2 Å². The van der Waals surface area contributed by atoms with Gasteiger partial charge in [0.15, 0.2) is 5.78 Å². The molecular formula is C17H14F3NO3. The van der Waals surface area contributed by atoms with Crippen LogP contribution in [0.3, 0.4) is 0 Å². The number of methoxy groups -OCH3 is 1. The Bertz CT molecular complexity index is 813. The van der Waals surface area contributed by atoms with E-state index in [4.69, 9.17) is 5.73 Å². The van der Waals surface area contributed by atoms with Gasteiger partial charge in [0.25, 0.3) is 0 Å². The number of hydrogen-bond donors (Lipinski definition) is 1. The molecule has 4 nitrogen and oxygen atoms in total. The molecule has 0 radical (unpaired) electrons. The molecule has 0 saturated heterocycles. The molecule has 0 fully saturated rings. The maximum atomic E-state index is 13.3. The fourth-order valence-electron chi connectivity index (χ4n) is 2.28. The van der Waals surface area contributed by atoms with Gasteiger partial charge in [-0.1, -0.05) is 18.2 Å². The minimum Gasteiger partial charge on any atom is -0.465 e. The zero-order valence-corrected chi connectivity index (χ0v) is 12.9. The standard InChI is InChI=1S/C17H14F3NO3/c1-9(22)10-4-3-5-11(6-10)12-7-13(16(23)24-2)15(21)8-14(12)17(18,19)20/h3-8H,21H2,1-2H3. The Balaban J connectivity index is 2.77. The lowest BCUT2D eigenvalue weighted by Gasteiger charge is -2.16. The summed E-state index contributed by atoms with van der Waals surface area (Å²) in [6.07, 6.45) is -4.68. The van der Waals surface area contributed by atoms with E-state index in [9.17, 15) is 22.8 Å². The summed E-state index contributed by atoms with van der Waals surface area (Å²) in [7, 11) is 1.11. The molecule has 0 spiro atoms. The van der Waals surface area contributed by atoms with E-state index in [-0.39, 0.29) is 33.7 Å². The predicted octanol–water partition coefficient (Wildman–Crippen LogP) is 3.94. The second-order valence-corrected chi connectivity index (χ2v) is 5.11. The molecule has 0 aliphatic heterocycles. The van der Waals surface area contributed by atoms with Crippen molar-refractivity contribution in [3.63, 3.8) is 0 Å². The van der Waals surface area contributed by atoms with Crippen molar-refractivity contribution in [3.8, 4) is 11.1 Å². The van der Waals surface area contributed by atoms with Crippen LogP contribution in [0, 0.1) is 0 Å². The lowest BCUT2D eigenvalue weighted by atomic mass is 9.94. The summed E-state index contributed by atoms with van der Waals surface area (Å²) in [5.41, 5.74) is 4.23. The molecule has 0 unspecified atom stereocenters. The molecule has 0 aliphatic rings. The van der Waals surface area contributed by atoms with Crippen LogP contribution in [0.2, 0.25) is 0 Å². The minimum atomic E-state index is -4.68. The monoisotopic (exact) mass is 337 g/mol. The number of esters is 1. The van der Waals surface area contributed by atoms with Gasteiger partial charge in [-0.25, -0.2) is 4.79 Å². The first-order chi connectivity index (χ1) is 11.1. The summed E-state index contributed by atoms with van der Waals surface area (Å²) in [5.74, 6) is -1.13. The normalized spacial score (nSPS) is 11.2. The number of carbonyl (C=O) groups is 2. The number of alkyl halides is 3. The molecule has 0 atom stereocenters. The highest BCUT2D eigenvalue weighted by Gasteiger charge is 2.35. The average molecular weight is 337 g/mol. The number of Topliss-reactive ketones (excluding diaryl/α,β-unsaturated/α-hetero) is 1. The van der Waals surface area contributed by atoms with Gasteiger partial charge in [0.2, 0.25) is 0 Å². The number of ether oxygens (including phenoxy) is 1. The molecule has 24 heavy (non-hydrogen) atoms. The average Bonchev–Trinajstić information content (AvgIpc) is 2.53. The number of ketones is 1. The van der Waals surface area contributed by atoms with Gasteiger partial charge in [-0.15, -0.1) is 0 Å². The fourth-order valence-corrected chi connectivity index (χ4v) is 2.28. The number of rotatable bonds is 3. The topological polar surface area (TPSA) is 69.4 Å². The van der Waals surface area contributed by atoms with Crippen molar-refractivity contribution in [1.29, 1.82) is 0 Å². The largest absolute Gasteiger partial charge is 0.465 e. The first-order valence-electron chi connectivity index (χ1n) is 6.85. The van der Waals surface area contributed by atoms with Crippen LogP contribution in [-0.4, -0.2) is 18.9 Å². The van der Waals surface area contributed by atoms with Gasteiger partial charge in [-0.05, 0) is 36.2 Å². The molecule has 0 heterocycles. The third-order valence-electron chi connectivity index (χ3n) is 3.48. The Morgan fingerprint density at radius 1 is 1.12 bits per heavy atom. The van der Waals surface area contributed by atoms with Crippen molar-refractivity contribution < 1.29 is 27.5 Å². The van der Waals surface area contributed by atoms with Gasteiger partial charge < -0.3 is 10.5 Å². The summed E-state index contributed by atoms with van der Waals surface area (Å²) in [6.45, 7) is 1.31. The van der Waals surface area contributed by atoms with Crippen LogP contribution in [0.15, 0.2) is 36.4 Å². The number of nitrogen functional groups attached to an aromatic ring is 1. The Labute approximate surface area is 136 Å². The molecule has 2 rings (SSSR count). The van der Waals surface area contributed by atoms with E-state index in [2.05, 4.69) is 4.74 Å². The quantitative estimate of drug-likeness (QED) is 0.523. The van der Waals surface area contributed by atoms with Crippen LogP contribution in [0.1, 0.15) is 33.2 Å². The van der Waals surface area contributed by atoms with E-state index in [1.807, 2.05) is 0 Å². The van der Waals surface area contributed by atoms with Gasteiger partial charge >= 0.3 is 12.1 Å². The summed E-state index contributed by atoms with van der Waals surface area (Å²) >= 11 is 0. The molecule has 0 bridgehead atoms. The molecule has 7 heteroatoms. The van der Waals surface area contributed by atoms with Gasteiger partial charge in [0.1, 0.15) is 0 Å². The van der Waals surface area contributed by atoms with E-state index in [1.54, 1.807) is 0 Å². The number of carbonyl (C=O) groups excluding carboxylic acids is 2.